The fourth-order valence-corrected chi connectivity index (χ4v) is 3.60. The van der Waals surface area contributed by atoms with E-state index in [1.807, 2.05) is 0 Å². The molecule has 2 amide bonds. The number of hydrogen-bond donors (Lipinski definition) is 2. The molecule has 206 valence electrons. The maximum atomic E-state index is 12.6. The van der Waals surface area contributed by atoms with Gasteiger partial charge >= 0.3 is 5.97 Å². The normalized spacial score (nSPS) is 10.6. The van der Waals surface area contributed by atoms with Gasteiger partial charge in [-0.25, -0.2) is 10.2 Å². The minimum Gasteiger partial charge on any atom is -0.490 e. The molecule has 0 radical (unpaired) electrons. The molecule has 0 bridgehead atoms. The molecule has 4 rings (SSSR count). The standard InChI is InChI=1S/C30H24N4O7/c1-2-40-27-17-20(11-16-26(27)41-30(37)22-7-4-3-5-8-22)19-31-33-29(36)23-9-6-10-24(18-23)32-28(35)21-12-14-25(15-13-21)34(38)39/h3-19H,2H2,1H3,(H,32,35)(H,33,36). The number of non-ortho nitro benzene ring substituents is 1. The molecular formula is C30H24N4O7. The van der Waals surface area contributed by atoms with Crippen molar-refractivity contribution in [3.05, 3.63) is 129 Å². The number of benzene rings is 4. The number of carbonyl (C=O) groups excluding carboxylic acids is 3. The SMILES string of the molecule is CCOc1cc(C=NNC(=O)c2cccc(NC(=O)c3ccc([N+](=O)[O-])cc3)c2)ccc1OC(=O)c1ccccc1. The maximum Gasteiger partial charge on any atom is 0.343 e. The second-order valence-corrected chi connectivity index (χ2v) is 8.43. The van der Waals surface area contributed by atoms with Crippen LogP contribution in [0.5, 0.6) is 11.5 Å². The van der Waals surface area contributed by atoms with Crippen LogP contribution < -0.4 is 20.2 Å². The minimum atomic E-state index is -0.553. The van der Waals surface area contributed by atoms with E-state index in [2.05, 4.69) is 15.8 Å². The van der Waals surface area contributed by atoms with Gasteiger partial charge in [-0.15, -0.1) is 0 Å². The number of anilines is 1. The molecule has 0 saturated heterocycles. The molecule has 2 N–H and O–H groups in total. The number of nitrogens with zero attached hydrogens (tertiary/aromatic N) is 2. The molecule has 0 fully saturated rings. The van der Waals surface area contributed by atoms with Crippen molar-refractivity contribution in [1.82, 2.24) is 5.43 Å². The Hall–Kier alpha value is -5.84. The zero-order valence-electron chi connectivity index (χ0n) is 21.8. The molecule has 0 atom stereocenters. The first-order valence-corrected chi connectivity index (χ1v) is 12.4. The summed E-state index contributed by atoms with van der Waals surface area (Å²) in [6.45, 7) is 2.14. The van der Waals surface area contributed by atoms with Crippen LogP contribution in [-0.4, -0.2) is 35.5 Å². The van der Waals surface area contributed by atoms with Gasteiger partial charge in [-0.3, -0.25) is 19.7 Å². The summed E-state index contributed by atoms with van der Waals surface area (Å²) >= 11 is 0. The second-order valence-electron chi connectivity index (χ2n) is 8.43. The third-order valence-electron chi connectivity index (χ3n) is 5.58. The van der Waals surface area contributed by atoms with Crippen molar-refractivity contribution >= 4 is 35.4 Å². The zero-order chi connectivity index (χ0) is 29.2. The van der Waals surface area contributed by atoms with Gasteiger partial charge in [-0.2, -0.15) is 5.10 Å². The molecule has 4 aromatic carbocycles. The molecule has 0 aliphatic carbocycles. The number of nitro groups is 1. The van der Waals surface area contributed by atoms with Crippen molar-refractivity contribution in [2.24, 2.45) is 5.10 Å². The number of esters is 1. The molecule has 0 unspecified atom stereocenters. The largest absolute Gasteiger partial charge is 0.490 e. The Morgan fingerprint density at radius 2 is 1.56 bits per heavy atom. The third kappa shape index (κ3) is 7.60. The number of nitro benzene ring substituents is 1. The first kappa shape index (κ1) is 28.2. The van der Waals surface area contributed by atoms with E-state index in [-0.39, 0.29) is 22.6 Å². The van der Waals surface area contributed by atoms with Crippen LogP contribution in [0, 0.1) is 10.1 Å². The predicted octanol–water partition coefficient (Wildman–Crippen LogP) is 5.23. The number of ether oxygens (including phenoxy) is 2. The summed E-state index contributed by atoms with van der Waals surface area (Å²) in [4.78, 5) is 47.8. The predicted molar refractivity (Wildman–Crippen MR) is 152 cm³/mol. The molecule has 0 aliphatic heterocycles. The van der Waals surface area contributed by atoms with Crippen molar-refractivity contribution in [2.45, 2.75) is 6.92 Å². The van der Waals surface area contributed by atoms with Gasteiger partial charge in [0, 0.05) is 28.9 Å². The fraction of sp³-hybridized carbons (Fsp3) is 0.0667. The van der Waals surface area contributed by atoms with Gasteiger partial charge in [0.1, 0.15) is 0 Å². The first-order chi connectivity index (χ1) is 19.8. The lowest BCUT2D eigenvalue weighted by molar-refractivity contribution is -0.384. The molecule has 11 heteroatoms. The van der Waals surface area contributed by atoms with Crippen LogP contribution in [-0.2, 0) is 0 Å². The smallest absolute Gasteiger partial charge is 0.343 e. The van der Waals surface area contributed by atoms with Crippen LogP contribution in [0.3, 0.4) is 0 Å². The topological polar surface area (TPSA) is 149 Å². The van der Waals surface area contributed by atoms with Crippen molar-refractivity contribution in [2.75, 3.05) is 11.9 Å². The number of carbonyl (C=O) groups is 3. The molecule has 41 heavy (non-hydrogen) atoms. The van der Waals surface area contributed by atoms with E-state index >= 15 is 0 Å². The quantitative estimate of drug-likeness (QED) is 0.0899. The van der Waals surface area contributed by atoms with Gasteiger partial charge in [0.05, 0.1) is 23.3 Å². The van der Waals surface area contributed by atoms with Crippen LogP contribution in [0.4, 0.5) is 11.4 Å². The van der Waals surface area contributed by atoms with Crippen molar-refractivity contribution in [3.8, 4) is 11.5 Å². The first-order valence-electron chi connectivity index (χ1n) is 12.4. The van der Waals surface area contributed by atoms with Crippen molar-refractivity contribution in [3.63, 3.8) is 0 Å². The van der Waals surface area contributed by atoms with E-state index < -0.39 is 22.7 Å². The Bertz CT molecular complexity index is 1600. The highest BCUT2D eigenvalue weighted by Crippen LogP contribution is 2.29. The second kappa shape index (κ2) is 13.3. The summed E-state index contributed by atoms with van der Waals surface area (Å²) in [6.07, 6.45) is 1.41. The zero-order valence-corrected chi connectivity index (χ0v) is 21.8. The number of hydrogen-bond acceptors (Lipinski definition) is 8. The van der Waals surface area contributed by atoms with E-state index in [1.54, 1.807) is 73.7 Å². The lowest BCUT2D eigenvalue weighted by Gasteiger charge is -2.11. The number of nitrogens with one attached hydrogen (secondary N) is 2. The Kier molecular flexibility index (Phi) is 9.13. The van der Waals surface area contributed by atoms with Crippen LogP contribution in [0.15, 0.2) is 102 Å². The number of amides is 2. The molecule has 0 spiro atoms. The molecule has 0 aromatic heterocycles. The van der Waals surface area contributed by atoms with E-state index in [0.717, 1.165) is 0 Å². The maximum absolute atomic E-state index is 12.6. The van der Waals surface area contributed by atoms with Gasteiger partial charge in [-0.1, -0.05) is 24.3 Å². The molecule has 0 aliphatic rings. The van der Waals surface area contributed by atoms with E-state index in [9.17, 15) is 24.5 Å². The summed E-state index contributed by atoms with van der Waals surface area (Å²) in [7, 11) is 0. The Labute approximate surface area is 234 Å². The number of rotatable bonds is 10. The molecular weight excluding hydrogens is 528 g/mol. The molecule has 0 saturated carbocycles. The van der Waals surface area contributed by atoms with Gasteiger partial charge in [0.15, 0.2) is 11.5 Å². The van der Waals surface area contributed by atoms with Crippen LogP contribution >= 0.6 is 0 Å². The van der Waals surface area contributed by atoms with Crippen LogP contribution in [0.1, 0.15) is 43.6 Å². The average molecular weight is 553 g/mol. The molecule has 11 nitrogen and oxygen atoms in total. The van der Waals surface area contributed by atoms with Gasteiger partial charge < -0.3 is 14.8 Å². The lowest BCUT2D eigenvalue weighted by atomic mass is 10.1. The highest BCUT2D eigenvalue weighted by atomic mass is 16.6. The summed E-state index contributed by atoms with van der Waals surface area (Å²) in [6, 6.07) is 24.8. The Morgan fingerprint density at radius 3 is 2.27 bits per heavy atom. The number of hydrazone groups is 1. The van der Waals surface area contributed by atoms with E-state index in [4.69, 9.17) is 9.47 Å². The fourth-order valence-electron chi connectivity index (χ4n) is 3.60. The van der Waals surface area contributed by atoms with Gasteiger partial charge in [0.25, 0.3) is 17.5 Å². The van der Waals surface area contributed by atoms with Crippen LogP contribution in [0.2, 0.25) is 0 Å². The van der Waals surface area contributed by atoms with E-state index in [0.29, 0.717) is 29.2 Å². The lowest BCUT2D eigenvalue weighted by Crippen LogP contribution is -2.18. The summed E-state index contributed by atoms with van der Waals surface area (Å²) < 4.78 is 11.1. The highest BCUT2D eigenvalue weighted by molar-refractivity contribution is 6.05. The average Bonchev–Trinajstić information content (AvgIpc) is 2.99. The van der Waals surface area contributed by atoms with E-state index in [1.165, 1.54) is 36.5 Å². The van der Waals surface area contributed by atoms with Crippen molar-refractivity contribution < 1.29 is 28.8 Å². The summed E-state index contributed by atoms with van der Waals surface area (Å²) in [5, 5.41) is 17.4. The third-order valence-corrected chi connectivity index (χ3v) is 5.58. The summed E-state index contributed by atoms with van der Waals surface area (Å²) in [5.41, 5.74) is 4.09. The minimum absolute atomic E-state index is 0.127. The molecule has 0 heterocycles. The van der Waals surface area contributed by atoms with Gasteiger partial charge in [0.2, 0.25) is 0 Å². The molecule has 4 aromatic rings. The Morgan fingerprint density at radius 1 is 0.829 bits per heavy atom. The Balaban J connectivity index is 1.38. The van der Waals surface area contributed by atoms with Crippen LogP contribution in [0.25, 0.3) is 0 Å². The monoisotopic (exact) mass is 552 g/mol. The summed E-state index contributed by atoms with van der Waals surface area (Å²) in [5.74, 6) is -0.950. The van der Waals surface area contributed by atoms with Gasteiger partial charge in [-0.05, 0) is 73.2 Å². The highest BCUT2D eigenvalue weighted by Gasteiger charge is 2.14. The van der Waals surface area contributed by atoms with Crippen molar-refractivity contribution in [1.29, 1.82) is 0 Å².